The number of nitrogens with two attached hydrogens (primary N) is 1. The fourth-order valence-electron chi connectivity index (χ4n) is 2.09. The molecule has 1 aromatic rings. The molecule has 1 fully saturated rings. The summed E-state index contributed by atoms with van der Waals surface area (Å²) in [5, 5.41) is 0. The van der Waals surface area contributed by atoms with Crippen LogP contribution in [0.5, 0.6) is 0 Å². The van der Waals surface area contributed by atoms with E-state index in [2.05, 4.69) is 58.8 Å². The number of morpholine rings is 1. The molecule has 2 rings (SSSR count). The Balaban J connectivity index is 1.91. The van der Waals surface area contributed by atoms with Gasteiger partial charge in [0.05, 0.1) is 12.7 Å². The van der Waals surface area contributed by atoms with E-state index in [-0.39, 0.29) is 12.1 Å². The molecule has 0 aliphatic carbocycles. The summed E-state index contributed by atoms with van der Waals surface area (Å²) in [6.45, 7) is 2.74. The predicted molar refractivity (Wildman–Crippen MR) is 78.1 cm³/mol. The van der Waals surface area contributed by atoms with Crippen molar-refractivity contribution in [1.29, 1.82) is 0 Å². The molecule has 0 radical (unpaired) electrons. The second-order valence-electron chi connectivity index (χ2n) is 4.67. The number of benzene rings is 1. The fourth-order valence-corrected chi connectivity index (χ4v) is 2.45. The maximum absolute atomic E-state index is 6.23. The van der Waals surface area contributed by atoms with Gasteiger partial charge in [0.15, 0.2) is 0 Å². The normalized spacial score (nSPS) is 23.6. The zero-order valence-corrected chi connectivity index (χ0v) is 12.3. The molecular formula is C13H19IN2O. The van der Waals surface area contributed by atoms with Crippen LogP contribution in [0.2, 0.25) is 0 Å². The molecule has 3 nitrogen and oxygen atoms in total. The lowest BCUT2D eigenvalue weighted by atomic mass is 10.0. The molecule has 2 N–H and O–H groups in total. The second kappa shape index (κ2) is 6.13. The maximum atomic E-state index is 6.23. The van der Waals surface area contributed by atoms with E-state index in [4.69, 9.17) is 10.5 Å². The van der Waals surface area contributed by atoms with Crippen LogP contribution in [-0.2, 0) is 11.2 Å². The summed E-state index contributed by atoms with van der Waals surface area (Å²) in [5.41, 5.74) is 7.51. The number of ether oxygens (including phenoxy) is 1. The summed E-state index contributed by atoms with van der Waals surface area (Å²) in [6, 6.07) is 8.62. The smallest absolute Gasteiger partial charge is 0.0856 e. The Labute approximate surface area is 116 Å². The molecule has 1 aliphatic heterocycles. The van der Waals surface area contributed by atoms with Crippen LogP contribution in [0.15, 0.2) is 24.3 Å². The number of rotatable bonds is 3. The van der Waals surface area contributed by atoms with Crippen molar-refractivity contribution in [2.24, 2.45) is 5.73 Å². The molecule has 94 valence electrons. The van der Waals surface area contributed by atoms with E-state index >= 15 is 0 Å². The van der Waals surface area contributed by atoms with Crippen molar-refractivity contribution in [3.8, 4) is 0 Å². The first kappa shape index (κ1) is 13.3. The van der Waals surface area contributed by atoms with Crippen molar-refractivity contribution in [3.63, 3.8) is 0 Å². The van der Waals surface area contributed by atoms with E-state index in [0.717, 1.165) is 26.1 Å². The molecule has 17 heavy (non-hydrogen) atoms. The highest BCUT2D eigenvalue weighted by Gasteiger charge is 2.23. The fraction of sp³-hybridized carbons (Fsp3) is 0.538. The van der Waals surface area contributed by atoms with Gasteiger partial charge in [-0.25, -0.2) is 0 Å². The van der Waals surface area contributed by atoms with Crippen molar-refractivity contribution in [2.45, 2.75) is 18.6 Å². The quantitative estimate of drug-likeness (QED) is 0.843. The number of nitrogens with zero attached hydrogens (tertiary/aromatic N) is 1. The lowest BCUT2D eigenvalue weighted by Crippen LogP contribution is -2.50. The van der Waals surface area contributed by atoms with Gasteiger partial charge in [-0.2, -0.15) is 0 Å². The van der Waals surface area contributed by atoms with Gasteiger partial charge in [0.2, 0.25) is 0 Å². The van der Waals surface area contributed by atoms with Crippen molar-refractivity contribution >= 4 is 22.6 Å². The first-order valence-corrected chi connectivity index (χ1v) is 7.03. The summed E-state index contributed by atoms with van der Waals surface area (Å²) in [7, 11) is 2.12. The molecular weight excluding hydrogens is 327 g/mol. The Morgan fingerprint density at radius 1 is 1.47 bits per heavy atom. The van der Waals surface area contributed by atoms with E-state index in [9.17, 15) is 0 Å². The zero-order valence-electron chi connectivity index (χ0n) is 10.1. The summed E-state index contributed by atoms with van der Waals surface area (Å²) >= 11 is 2.31. The topological polar surface area (TPSA) is 38.5 Å². The lowest BCUT2D eigenvalue weighted by Gasteiger charge is -2.33. The highest BCUT2D eigenvalue weighted by molar-refractivity contribution is 14.1. The zero-order chi connectivity index (χ0) is 12.3. The van der Waals surface area contributed by atoms with Crippen LogP contribution in [0.4, 0.5) is 0 Å². The highest BCUT2D eigenvalue weighted by Crippen LogP contribution is 2.12. The minimum Gasteiger partial charge on any atom is -0.374 e. The van der Waals surface area contributed by atoms with E-state index in [0.29, 0.717) is 0 Å². The van der Waals surface area contributed by atoms with Gasteiger partial charge in [-0.3, -0.25) is 0 Å². The van der Waals surface area contributed by atoms with E-state index in [1.54, 1.807) is 0 Å². The van der Waals surface area contributed by atoms with Gasteiger partial charge in [-0.1, -0.05) is 12.1 Å². The van der Waals surface area contributed by atoms with Crippen LogP contribution < -0.4 is 5.73 Å². The van der Waals surface area contributed by atoms with Gasteiger partial charge in [0.1, 0.15) is 0 Å². The molecule has 1 aromatic carbocycles. The summed E-state index contributed by atoms with van der Waals surface area (Å²) < 4.78 is 7.00. The molecule has 1 heterocycles. The number of likely N-dealkylation sites (N-methyl/N-ethyl adjacent to an activating group) is 1. The molecule has 0 amide bonds. The average Bonchev–Trinajstić information content (AvgIpc) is 2.32. The third kappa shape index (κ3) is 3.91. The monoisotopic (exact) mass is 346 g/mol. The van der Waals surface area contributed by atoms with Crippen LogP contribution >= 0.6 is 22.6 Å². The maximum Gasteiger partial charge on any atom is 0.0856 e. The second-order valence-corrected chi connectivity index (χ2v) is 5.91. The SMILES string of the molecule is CN1CCOC(C(N)Cc2ccc(I)cc2)C1. The summed E-state index contributed by atoms with van der Waals surface area (Å²) in [5.74, 6) is 0. The predicted octanol–water partition coefficient (Wildman–Crippen LogP) is 1.49. The lowest BCUT2D eigenvalue weighted by molar-refractivity contribution is -0.0319. The van der Waals surface area contributed by atoms with Gasteiger partial charge in [-0.15, -0.1) is 0 Å². The molecule has 0 saturated carbocycles. The van der Waals surface area contributed by atoms with Crippen LogP contribution in [0.25, 0.3) is 0 Å². The van der Waals surface area contributed by atoms with Gasteiger partial charge < -0.3 is 15.4 Å². The van der Waals surface area contributed by atoms with Crippen molar-refractivity contribution < 1.29 is 4.74 Å². The third-order valence-corrected chi connectivity index (χ3v) is 3.88. The molecule has 1 aliphatic rings. The summed E-state index contributed by atoms with van der Waals surface area (Å²) in [6.07, 6.45) is 1.04. The van der Waals surface area contributed by atoms with E-state index in [1.165, 1.54) is 9.13 Å². The number of halogens is 1. The molecule has 4 heteroatoms. The Morgan fingerprint density at radius 2 is 2.18 bits per heavy atom. The van der Waals surface area contributed by atoms with E-state index < -0.39 is 0 Å². The van der Waals surface area contributed by atoms with Crippen molar-refractivity contribution in [1.82, 2.24) is 4.90 Å². The van der Waals surface area contributed by atoms with Crippen LogP contribution in [-0.4, -0.2) is 43.8 Å². The third-order valence-electron chi connectivity index (χ3n) is 3.16. The Hall–Kier alpha value is -0.170. The van der Waals surface area contributed by atoms with Crippen LogP contribution in [0.3, 0.4) is 0 Å². The molecule has 0 bridgehead atoms. The number of hydrogen-bond acceptors (Lipinski definition) is 3. The Kier molecular flexibility index (Phi) is 4.78. The highest BCUT2D eigenvalue weighted by atomic mass is 127. The Morgan fingerprint density at radius 3 is 2.82 bits per heavy atom. The van der Waals surface area contributed by atoms with Gasteiger partial charge in [-0.05, 0) is 53.8 Å². The first-order valence-electron chi connectivity index (χ1n) is 5.95. The van der Waals surface area contributed by atoms with Gasteiger partial charge >= 0.3 is 0 Å². The van der Waals surface area contributed by atoms with Gasteiger partial charge in [0.25, 0.3) is 0 Å². The molecule has 0 aromatic heterocycles. The average molecular weight is 346 g/mol. The molecule has 2 unspecified atom stereocenters. The first-order chi connectivity index (χ1) is 8.15. The Bertz CT molecular complexity index is 355. The van der Waals surface area contributed by atoms with E-state index in [1.807, 2.05) is 0 Å². The minimum atomic E-state index is 0.0813. The summed E-state index contributed by atoms with van der Waals surface area (Å²) in [4.78, 5) is 2.28. The largest absolute Gasteiger partial charge is 0.374 e. The van der Waals surface area contributed by atoms with Crippen molar-refractivity contribution in [3.05, 3.63) is 33.4 Å². The van der Waals surface area contributed by atoms with Gasteiger partial charge in [0, 0.05) is 22.7 Å². The van der Waals surface area contributed by atoms with Crippen LogP contribution in [0.1, 0.15) is 5.56 Å². The number of hydrogen-bond donors (Lipinski definition) is 1. The van der Waals surface area contributed by atoms with Crippen LogP contribution in [0, 0.1) is 3.57 Å². The minimum absolute atomic E-state index is 0.0813. The molecule has 0 spiro atoms. The molecule has 1 saturated heterocycles. The van der Waals surface area contributed by atoms with Crippen molar-refractivity contribution in [2.75, 3.05) is 26.7 Å². The standard InChI is InChI=1S/C13H19IN2O/c1-16-6-7-17-13(9-16)12(15)8-10-2-4-11(14)5-3-10/h2-5,12-13H,6-9,15H2,1H3. The molecule has 2 atom stereocenters.